The maximum absolute atomic E-state index is 4.63. The van der Waals surface area contributed by atoms with Gasteiger partial charge in [-0.25, -0.2) is 0 Å². The van der Waals surface area contributed by atoms with Gasteiger partial charge in [-0.15, -0.1) is 0 Å². The number of aromatic nitrogens is 2. The molecule has 0 radical (unpaired) electrons. The SMILES string of the molecule is CCc1cc(CC(C)(CBr)C(C)C)n(CC)n1. The molecule has 2 nitrogen and oxygen atoms in total. The lowest BCUT2D eigenvalue weighted by Gasteiger charge is -2.32. The fourth-order valence-corrected chi connectivity index (χ4v) is 2.77. The summed E-state index contributed by atoms with van der Waals surface area (Å²) in [6.07, 6.45) is 2.11. The van der Waals surface area contributed by atoms with Crippen molar-refractivity contribution in [2.24, 2.45) is 11.3 Å². The van der Waals surface area contributed by atoms with Gasteiger partial charge in [0.25, 0.3) is 0 Å². The second-order valence-electron chi connectivity index (χ2n) is 5.42. The largest absolute Gasteiger partial charge is 0.270 e. The number of halogens is 1. The molecular weight excluding hydrogens is 276 g/mol. The van der Waals surface area contributed by atoms with Crippen molar-refractivity contribution in [3.8, 4) is 0 Å². The van der Waals surface area contributed by atoms with E-state index in [9.17, 15) is 0 Å². The van der Waals surface area contributed by atoms with Crippen LogP contribution in [0.2, 0.25) is 0 Å². The molecule has 0 spiro atoms. The van der Waals surface area contributed by atoms with Crippen LogP contribution in [0.3, 0.4) is 0 Å². The first-order valence-corrected chi connectivity index (χ1v) is 7.70. The minimum atomic E-state index is 0.304. The highest BCUT2D eigenvalue weighted by Crippen LogP contribution is 2.33. The Bertz CT molecular complexity index is 357. The molecule has 3 heteroatoms. The Morgan fingerprint density at radius 1 is 1.41 bits per heavy atom. The zero-order chi connectivity index (χ0) is 13.1. The van der Waals surface area contributed by atoms with E-state index >= 15 is 0 Å². The molecular formula is C14H25BrN2. The molecule has 0 aliphatic rings. The van der Waals surface area contributed by atoms with Gasteiger partial charge in [0.15, 0.2) is 0 Å². The first-order chi connectivity index (χ1) is 7.96. The normalized spacial score (nSPS) is 15.2. The van der Waals surface area contributed by atoms with Crippen molar-refractivity contribution in [1.29, 1.82) is 0 Å². The number of hydrogen-bond donors (Lipinski definition) is 0. The van der Waals surface area contributed by atoms with Gasteiger partial charge in [0.05, 0.1) is 5.69 Å². The lowest BCUT2D eigenvalue weighted by Crippen LogP contribution is -2.29. The minimum absolute atomic E-state index is 0.304. The zero-order valence-corrected chi connectivity index (χ0v) is 13.3. The average molecular weight is 301 g/mol. The smallest absolute Gasteiger partial charge is 0.0624 e. The first-order valence-electron chi connectivity index (χ1n) is 6.58. The van der Waals surface area contributed by atoms with Crippen LogP contribution in [0, 0.1) is 11.3 Å². The second-order valence-corrected chi connectivity index (χ2v) is 5.98. The monoisotopic (exact) mass is 300 g/mol. The molecule has 1 atom stereocenters. The summed E-state index contributed by atoms with van der Waals surface area (Å²) in [6.45, 7) is 12.2. The summed E-state index contributed by atoms with van der Waals surface area (Å²) >= 11 is 3.67. The highest BCUT2D eigenvalue weighted by Gasteiger charge is 2.28. The average Bonchev–Trinajstić information content (AvgIpc) is 2.70. The van der Waals surface area contributed by atoms with Gasteiger partial charge in [-0.1, -0.05) is 43.6 Å². The van der Waals surface area contributed by atoms with E-state index in [2.05, 4.69) is 66.4 Å². The van der Waals surface area contributed by atoms with E-state index in [1.807, 2.05) is 0 Å². The fourth-order valence-electron chi connectivity index (χ4n) is 1.92. The van der Waals surface area contributed by atoms with Crippen molar-refractivity contribution in [2.75, 3.05) is 5.33 Å². The van der Waals surface area contributed by atoms with Crippen LogP contribution in [-0.4, -0.2) is 15.1 Å². The third-order valence-electron chi connectivity index (χ3n) is 3.86. The number of rotatable bonds is 6. The summed E-state index contributed by atoms with van der Waals surface area (Å²) in [5.74, 6) is 0.659. The Morgan fingerprint density at radius 2 is 2.06 bits per heavy atom. The van der Waals surface area contributed by atoms with E-state index in [1.54, 1.807) is 0 Å². The van der Waals surface area contributed by atoms with E-state index in [4.69, 9.17) is 0 Å². The van der Waals surface area contributed by atoms with Gasteiger partial charge in [0, 0.05) is 17.6 Å². The lowest BCUT2D eigenvalue weighted by molar-refractivity contribution is 0.251. The van der Waals surface area contributed by atoms with Crippen LogP contribution >= 0.6 is 15.9 Å². The standard InChI is InChI=1S/C14H25BrN2/c1-6-12-8-13(17(7-2)16-12)9-14(5,10-15)11(3)4/h8,11H,6-7,9-10H2,1-5H3. The van der Waals surface area contributed by atoms with Crippen molar-refractivity contribution < 1.29 is 0 Å². The topological polar surface area (TPSA) is 17.8 Å². The number of nitrogens with zero attached hydrogens (tertiary/aromatic N) is 2. The van der Waals surface area contributed by atoms with Crippen molar-refractivity contribution >= 4 is 15.9 Å². The lowest BCUT2D eigenvalue weighted by atomic mass is 9.77. The second kappa shape index (κ2) is 6.03. The number of hydrogen-bond acceptors (Lipinski definition) is 1. The van der Waals surface area contributed by atoms with Crippen LogP contribution in [0.5, 0.6) is 0 Å². The van der Waals surface area contributed by atoms with Gasteiger partial charge in [0.2, 0.25) is 0 Å². The summed E-state index contributed by atoms with van der Waals surface area (Å²) in [5, 5.41) is 5.66. The molecule has 0 aromatic carbocycles. The molecule has 0 saturated heterocycles. The Labute approximate surface area is 114 Å². The maximum Gasteiger partial charge on any atom is 0.0624 e. The van der Waals surface area contributed by atoms with Crippen LogP contribution in [0.15, 0.2) is 6.07 Å². The van der Waals surface area contributed by atoms with Crippen LogP contribution in [0.25, 0.3) is 0 Å². The summed E-state index contributed by atoms with van der Waals surface area (Å²) < 4.78 is 2.15. The van der Waals surface area contributed by atoms with Gasteiger partial charge < -0.3 is 0 Å². The van der Waals surface area contributed by atoms with Gasteiger partial charge in [0.1, 0.15) is 0 Å². The summed E-state index contributed by atoms with van der Waals surface area (Å²) in [4.78, 5) is 0. The predicted octanol–water partition coefficient (Wildman–Crippen LogP) is 4.07. The van der Waals surface area contributed by atoms with Crippen LogP contribution < -0.4 is 0 Å². The van der Waals surface area contributed by atoms with Gasteiger partial charge >= 0.3 is 0 Å². The van der Waals surface area contributed by atoms with Crippen LogP contribution in [0.1, 0.15) is 46.0 Å². The van der Waals surface area contributed by atoms with Crippen molar-refractivity contribution in [3.05, 3.63) is 17.5 Å². The van der Waals surface area contributed by atoms with Crippen molar-refractivity contribution in [2.45, 2.75) is 54.0 Å². The highest BCUT2D eigenvalue weighted by molar-refractivity contribution is 9.09. The van der Waals surface area contributed by atoms with E-state index in [0.717, 1.165) is 24.7 Å². The zero-order valence-electron chi connectivity index (χ0n) is 11.8. The summed E-state index contributed by atoms with van der Waals surface area (Å²) in [7, 11) is 0. The number of alkyl halides is 1. The van der Waals surface area contributed by atoms with Crippen LogP contribution in [-0.2, 0) is 19.4 Å². The molecule has 0 saturated carbocycles. The molecule has 1 aromatic heterocycles. The molecule has 0 aliphatic heterocycles. The molecule has 1 heterocycles. The third kappa shape index (κ3) is 3.34. The third-order valence-corrected chi connectivity index (χ3v) is 5.14. The van der Waals surface area contributed by atoms with Gasteiger partial charge in [-0.3, -0.25) is 4.68 Å². The molecule has 0 aliphatic carbocycles. The Balaban J connectivity index is 2.96. The number of aryl methyl sites for hydroxylation is 2. The van der Waals surface area contributed by atoms with Gasteiger partial charge in [-0.05, 0) is 37.2 Å². The highest BCUT2D eigenvalue weighted by atomic mass is 79.9. The molecule has 1 rings (SSSR count). The Kier molecular flexibility index (Phi) is 5.23. The van der Waals surface area contributed by atoms with Gasteiger partial charge in [-0.2, -0.15) is 5.10 Å². The minimum Gasteiger partial charge on any atom is -0.270 e. The van der Waals surface area contributed by atoms with Crippen LogP contribution in [0.4, 0.5) is 0 Å². The quantitative estimate of drug-likeness (QED) is 0.724. The molecule has 1 unspecified atom stereocenters. The molecule has 98 valence electrons. The Hall–Kier alpha value is -0.310. The van der Waals surface area contributed by atoms with E-state index in [1.165, 1.54) is 11.4 Å². The summed E-state index contributed by atoms with van der Waals surface area (Å²) in [6, 6.07) is 2.27. The summed E-state index contributed by atoms with van der Waals surface area (Å²) in [5.41, 5.74) is 2.89. The maximum atomic E-state index is 4.63. The van der Waals surface area contributed by atoms with Crippen molar-refractivity contribution in [3.63, 3.8) is 0 Å². The first kappa shape index (κ1) is 14.7. The molecule has 0 bridgehead atoms. The predicted molar refractivity (Wildman–Crippen MR) is 77.7 cm³/mol. The molecule has 0 amide bonds. The van der Waals surface area contributed by atoms with E-state index < -0.39 is 0 Å². The molecule has 0 N–H and O–H groups in total. The van der Waals surface area contributed by atoms with Crippen molar-refractivity contribution in [1.82, 2.24) is 9.78 Å². The fraction of sp³-hybridized carbons (Fsp3) is 0.786. The molecule has 1 aromatic rings. The molecule has 17 heavy (non-hydrogen) atoms. The van der Waals surface area contributed by atoms with E-state index in [0.29, 0.717) is 11.3 Å². The molecule has 0 fully saturated rings. The Morgan fingerprint density at radius 3 is 2.47 bits per heavy atom. The van der Waals surface area contributed by atoms with E-state index in [-0.39, 0.29) is 0 Å².